The molecule has 3 rings (SSSR count). The van der Waals surface area contributed by atoms with Gasteiger partial charge in [-0.25, -0.2) is 4.98 Å². The molecule has 1 aromatic heterocycles. The second kappa shape index (κ2) is 5.83. The third-order valence-electron chi connectivity index (χ3n) is 4.16. The molecule has 1 aliphatic heterocycles. The fraction of sp³-hybridized carbons (Fsp3) is 0.562. The standard InChI is InChI=1S/C16H24N4/c1-13(12-20-9-5-6-10-20)11-17-16-18-14-7-3-4-8-15(14)19(16)2/h3-4,7-8,13H,5-6,9-12H2,1-2H3,(H,17,18). The average Bonchev–Trinajstić information content (AvgIpc) is 3.06. The number of hydrogen-bond acceptors (Lipinski definition) is 3. The maximum atomic E-state index is 4.65. The first-order valence-corrected chi connectivity index (χ1v) is 7.62. The van der Waals surface area contributed by atoms with Gasteiger partial charge in [-0.2, -0.15) is 0 Å². The number of anilines is 1. The maximum absolute atomic E-state index is 4.65. The molecular formula is C16H24N4. The topological polar surface area (TPSA) is 33.1 Å². The summed E-state index contributed by atoms with van der Waals surface area (Å²) in [5, 5.41) is 3.50. The first-order valence-electron chi connectivity index (χ1n) is 7.62. The number of aryl methyl sites for hydroxylation is 1. The lowest BCUT2D eigenvalue weighted by molar-refractivity contribution is 0.294. The Balaban J connectivity index is 1.60. The first kappa shape index (κ1) is 13.4. The van der Waals surface area contributed by atoms with Gasteiger partial charge in [-0.1, -0.05) is 19.1 Å². The zero-order valence-corrected chi connectivity index (χ0v) is 12.5. The van der Waals surface area contributed by atoms with Crippen molar-refractivity contribution in [3.63, 3.8) is 0 Å². The first-order chi connectivity index (χ1) is 9.74. The lowest BCUT2D eigenvalue weighted by Gasteiger charge is -2.20. The van der Waals surface area contributed by atoms with Gasteiger partial charge in [0.15, 0.2) is 0 Å². The third kappa shape index (κ3) is 2.80. The number of nitrogens with zero attached hydrogens (tertiary/aromatic N) is 3. The Labute approximate surface area is 120 Å². The van der Waals surface area contributed by atoms with E-state index in [-0.39, 0.29) is 0 Å². The van der Waals surface area contributed by atoms with Crippen molar-refractivity contribution >= 4 is 17.0 Å². The molecule has 108 valence electrons. The molecule has 0 amide bonds. The van der Waals surface area contributed by atoms with E-state index in [1.807, 2.05) is 6.07 Å². The lowest BCUT2D eigenvalue weighted by Crippen LogP contribution is -2.29. The summed E-state index contributed by atoms with van der Waals surface area (Å²) in [5.41, 5.74) is 2.24. The Hall–Kier alpha value is -1.55. The van der Waals surface area contributed by atoms with E-state index in [2.05, 4.69) is 51.9 Å². The molecule has 2 aromatic rings. The number of para-hydroxylation sites is 2. The summed E-state index contributed by atoms with van der Waals surface area (Å²) < 4.78 is 2.14. The predicted molar refractivity (Wildman–Crippen MR) is 84.0 cm³/mol. The summed E-state index contributed by atoms with van der Waals surface area (Å²) in [6, 6.07) is 8.27. The van der Waals surface area contributed by atoms with E-state index in [0.717, 1.165) is 18.0 Å². The van der Waals surface area contributed by atoms with Gasteiger partial charge in [0.1, 0.15) is 0 Å². The number of fused-ring (bicyclic) bond motifs is 1. The van der Waals surface area contributed by atoms with E-state index in [1.165, 1.54) is 38.0 Å². The molecule has 0 aliphatic carbocycles. The minimum atomic E-state index is 0.646. The molecule has 1 aliphatic rings. The van der Waals surface area contributed by atoms with Crippen LogP contribution in [0.15, 0.2) is 24.3 Å². The molecule has 1 saturated heterocycles. The highest BCUT2D eigenvalue weighted by molar-refractivity contribution is 5.78. The minimum Gasteiger partial charge on any atom is -0.355 e. The van der Waals surface area contributed by atoms with E-state index in [0.29, 0.717) is 5.92 Å². The van der Waals surface area contributed by atoms with Crippen molar-refractivity contribution in [3.8, 4) is 0 Å². The lowest BCUT2D eigenvalue weighted by atomic mass is 10.1. The van der Waals surface area contributed by atoms with E-state index >= 15 is 0 Å². The molecule has 20 heavy (non-hydrogen) atoms. The Kier molecular flexibility index (Phi) is 3.92. The number of rotatable bonds is 5. The molecule has 4 heteroatoms. The van der Waals surface area contributed by atoms with Crippen LogP contribution in [-0.2, 0) is 7.05 Å². The quantitative estimate of drug-likeness (QED) is 0.908. The normalized spacial score (nSPS) is 17.7. The molecule has 1 N–H and O–H groups in total. The van der Waals surface area contributed by atoms with E-state index in [4.69, 9.17) is 0 Å². The SMILES string of the molecule is CC(CNc1nc2ccccc2n1C)CN1CCCC1. The molecule has 0 saturated carbocycles. The molecular weight excluding hydrogens is 248 g/mol. The van der Waals surface area contributed by atoms with Crippen LogP contribution in [0.3, 0.4) is 0 Å². The van der Waals surface area contributed by atoms with Crippen molar-refractivity contribution in [1.82, 2.24) is 14.5 Å². The van der Waals surface area contributed by atoms with Gasteiger partial charge in [-0.15, -0.1) is 0 Å². The number of benzene rings is 1. The van der Waals surface area contributed by atoms with Crippen LogP contribution in [0, 0.1) is 5.92 Å². The van der Waals surface area contributed by atoms with Gasteiger partial charge in [0.2, 0.25) is 5.95 Å². The summed E-state index contributed by atoms with van der Waals surface area (Å²) in [6.45, 7) is 7.03. The molecule has 1 atom stereocenters. The molecule has 4 nitrogen and oxygen atoms in total. The van der Waals surface area contributed by atoms with E-state index in [1.54, 1.807) is 0 Å². The van der Waals surface area contributed by atoms with Crippen LogP contribution in [-0.4, -0.2) is 40.6 Å². The molecule has 1 aromatic carbocycles. The number of aromatic nitrogens is 2. The van der Waals surface area contributed by atoms with Crippen molar-refractivity contribution in [2.75, 3.05) is 31.5 Å². The van der Waals surface area contributed by atoms with E-state index in [9.17, 15) is 0 Å². The summed E-state index contributed by atoms with van der Waals surface area (Å²) in [4.78, 5) is 7.22. The van der Waals surface area contributed by atoms with Crippen LogP contribution in [0.25, 0.3) is 11.0 Å². The van der Waals surface area contributed by atoms with Gasteiger partial charge in [0, 0.05) is 20.1 Å². The molecule has 1 unspecified atom stereocenters. The Morgan fingerprint density at radius 3 is 2.75 bits per heavy atom. The highest BCUT2D eigenvalue weighted by atomic mass is 15.2. The number of likely N-dealkylation sites (tertiary alicyclic amines) is 1. The van der Waals surface area contributed by atoms with Crippen LogP contribution < -0.4 is 5.32 Å². The second-order valence-electron chi connectivity index (χ2n) is 5.98. The zero-order chi connectivity index (χ0) is 13.9. The highest BCUT2D eigenvalue weighted by Crippen LogP contribution is 2.18. The monoisotopic (exact) mass is 272 g/mol. The summed E-state index contributed by atoms with van der Waals surface area (Å²) >= 11 is 0. The average molecular weight is 272 g/mol. The van der Waals surface area contributed by atoms with Crippen molar-refractivity contribution < 1.29 is 0 Å². The molecule has 0 spiro atoms. The van der Waals surface area contributed by atoms with Crippen LogP contribution >= 0.6 is 0 Å². The van der Waals surface area contributed by atoms with Gasteiger partial charge in [-0.3, -0.25) is 0 Å². The Bertz CT molecular complexity index is 569. The van der Waals surface area contributed by atoms with Gasteiger partial charge < -0.3 is 14.8 Å². The largest absolute Gasteiger partial charge is 0.355 e. The van der Waals surface area contributed by atoms with Crippen molar-refractivity contribution in [1.29, 1.82) is 0 Å². The predicted octanol–water partition coefficient (Wildman–Crippen LogP) is 2.72. The number of imidazole rings is 1. The summed E-state index contributed by atoms with van der Waals surface area (Å²) in [6.07, 6.45) is 2.73. The van der Waals surface area contributed by atoms with Gasteiger partial charge in [-0.05, 0) is 44.0 Å². The molecule has 1 fully saturated rings. The fourth-order valence-corrected chi connectivity index (χ4v) is 3.04. The number of nitrogens with one attached hydrogen (secondary N) is 1. The Morgan fingerprint density at radius 2 is 2.00 bits per heavy atom. The van der Waals surface area contributed by atoms with Crippen molar-refractivity contribution in [2.45, 2.75) is 19.8 Å². The van der Waals surface area contributed by atoms with Crippen LogP contribution in [0.2, 0.25) is 0 Å². The second-order valence-corrected chi connectivity index (χ2v) is 5.98. The molecule has 0 radical (unpaired) electrons. The minimum absolute atomic E-state index is 0.646. The molecule has 2 heterocycles. The maximum Gasteiger partial charge on any atom is 0.203 e. The summed E-state index contributed by atoms with van der Waals surface area (Å²) in [7, 11) is 2.07. The van der Waals surface area contributed by atoms with Crippen LogP contribution in [0.5, 0.6) is 0 Å². The van der Waals surface area contributed by atoms with Crippen LogP contribution in [0.4, 0.5) is 5.95 Å². The third-order valence-corrected chi connectivity index (χ3v) is 4.16. The summed E-state index contributed by atoms with van der Waals surface area (Å²) in [5.74, 6) is 1.62. The smallest absolute Gasteiger partial charge is 0.203 e. The van der Waals surface area contributed by atoms with E-state index < -0.39 is 0 Å². The van der Waals surface area contributed by atoms with Gasteiger partial charge >= 0.3 is 0 Å². The fourth-order valence-electron chi connectivity index (χ4n) is 3.04. The van der Waals surface area contributed by atoms with Gasteiger partial charge in [0.25, 0.3) is 0 Å². The van der Waals surface area contributed by atoms with Crippen molar-refractivity contribution in [3.05, 3.63) is 24.3 Å². The molecule has 0 bridgehead atoms. The van der Waals surface area contributed by atoms with Crippen molar-refractivity contribution in [2.24, 2.45) is 13.0 Å². The Morgan fingerprint density at radius 1 is 1.25 bits per heavy atom. The van der Waals surface area contributed by atoms with Gasteiger partial charge in [0.05, 0.1) is 11.0 Å². The zero-order valence-electron chi connectivity index (χ0n) is 12.5. The van der Waals surface area contributed by atoms with Crippen LogP contribution in [0.1, 0.15) is 19.8 Å². The number of hydrogen-bond donors (Lipinski definition) is 1. The highest BCUT2D eigenvalue weighted by Gasteiger charge is 2.15.